The molecule has 1 unspecified atom stereocenters. The van der Waals surface area contributed by atoms with Crippen molar-refractivity contribution in [3.8, 4) is 0 Å². The van der Waals surface area contributed by atoms with Crippen LogP contribution in [-0.2, 0) is 10.0 Å². The maximum Gasteiger partial charge on any atom is 0.242 e. The zero-order valence-electron chi connectivity index (χ0n) is 8.48. The molecule has 1 aromatic carbocycles. The Hall–Kier alpha value is -0.500. The fourth-order valence-electron chi connectivity index (χ4n) is 1.02. The second-order valence-electron chi connectivity index (χ2n) is 3.18. The summed E-state index contributed by atoms with van der Waals surface area (Å²) in [7, 11) is -3.60. The van der Waals surface area contributed by atoms with E-state index in [1.165, 1.54) is 6.07 Å². The number of thiocarbonyl (C=S) groups is 1. The van der Waals surface area contributed by atoms with E-state index < -0.39 is 16.1 Å². The van der Waals surface area contributed by atoms with E-state index >= 15 is 0 Å². The Morgan fingerprint density at radius 2 is 2.06 bits per heavy atom. The molecule has 0 amide bonds. The molecule has 7 heteroatoms. The molecule has 16 heavy (non-hydrogen) atoms. The average molecular weight is 323 g/mol. The van der Waals surface area contributed by atoms with Gasteiger partial charge in [0.05, 0.1) is 15.9 Å². The van der Waals surface area contributed by atoms with E-state index in [1.54, 1.807) is 25.1 Å². The van der Waals surface area contributed by atoms with E-state index in [4.69, 9.17) is 18.0 Å². The molecular weight excluding hydrogens is 312 g/mol. The zero-order chi connectivity index (χ0) is 12.3. The van der Waals surface area contributed by atoms with E-state index in [0.717, 1.165) is 0 Å². The predicted octanol–water partition coefficient (Wildman–Crippen LogP) is 1.40. The predicted molar refractivity (Wildman–Crippen MR) is 70.7 cm³/mol. The second-order valence-corrected chi connectivity index (χ2v) is 6.18. The van der Waals surface area contributed by atoms with Crippen LogP contribution in [0.2, 0.25) is 0 Å². The van der Waals surface area contributed by atoms with Crippen molar-refractivity contribution < 1.29 is 8.42 Å². The van der Waals surface area contributed by atoms with Gasteiger partial charge in [0, 0.05) is 4.47 Å². The first-order valence-corrected chi connectivity index (χ1v) is 7.09. The highest BCUT2D eigenvalue weighted by Gasteiger charge is 2.20. The number of hydrogen-bond acceptors (Lipinski definition) is 3. The van der Waals surface area contributed by atoms with Crippen LogP contribution in [0.3, 0.4) is 0 Å². The van der Waals surface area contributed by atoms with Crippen molar-refractivity contribution in [3.05, 3.63) is 28.7 Å². The van der Waals surface area contributed by atoms with Crippen LogP contribution in [0.25, 0.3) is 0 Å². The number of nitrogens with one attached hydrogen (secondary N) is 1. The summed E-state index contributed by atoms with van der Waals surface area (Å²) in [5.74, 6) is 0. The smallest absolute Gasteiger partial charge is 0.242 e. The number of nitrogens with two attached hydrogens (primary N) is 1. The molecule has 0 aliphatic rings. The lowest BCUT2D eigenvalue weighted by Gasteiger charge is -2.13. The van der Waals surface area contributed by atoms with E-state index in [-0.39, 0.29) is 9.88 Å². The third-order valence-electron chi connectivity index (χ3n) is 1.88. The minimum absolute atomic E-state index is 0.107. The molecule has 1 aromatic rings. The Kier molecular flexibility index (Phi) is 4.43. The molecule has 4 nitrogen and oxygen atoms in total. The van der Waals surface area contributed by atoms with Gasteiger partial charge in [0.2, 0.25) is 10.0 Å². The Morgan fingerprint density at radius 3 is 2.56 bits per heavy atom. The van der Waals surface area contributed by atoms with Crippen molar-refractivity contribution in [3.63, 3.8) is 0 Å². The first-order chi connectivity index (χ1) is 7.34. The summed E-state index contributed by atoms with van der Waals surface area (Å²) in [6, 6.07) is 5.95. The minimum atomic E-state index is -3.60. The third-order valence-corrected chi connectivity index (χ3v) is 4.79. The summed E-state index contributed by atoms with van der Waals surface area (Å²) >= 11 is 7.88. The normalized spacial score (nSPS) is 13.4. The molecule has 0 saturated carbocycles. The highest BCUT2D eigenvalue weighted by Crippen LogP contribution is 2.20. The molecule has 0 fully saturated rings. The molecule has 1 atom stereocenters. The number of hydrogen-bond donors (Lipinski definition) is 2. The maximum atomic E-state index is 11.9. The van der Waals surface area contributed by atoms with Crippen LogP contribution in [0.5, 0.6) is 0 Å². The lowest BCUT2D eigenvalue weighted by molar-refractivity contribution is 0.578. The lowest BCUT2D eigenvalue weighted by atomic mass is 10.4. The molecule has 0 bridgehead atoms. The third kappa shape index (κ3) is 3.24. The molecule has 0 spiro atoms. The summed E-state index contributed by atoms with van der Waals surface area (Å²) in [5, 5.41) is 0. The van der Waals surface area contributed by atoms with Crippen molar-refractivity contribution in [2.75, 3.05) is 0 Å². The van der Waals surface area contributed by atoms with Crippen LogP contribution in [-0.4, -0.2) is 19.4 Å². The van der Waals surface area contributed by atoms with Crippen LogP contribution in [0, 0.1) is 0 Å². The van der Waals surface area contributed by atoms with Gasteiger partial charge < -0.3 is 5.73 Å². The topological polar surface area (TPSA) is 72.2 Å². The molecule has 0 aliphatic carbocycles. The van der Waals surface area contributed by atoms with Gasteiger partial charge in [-0.2, -0.15) is 0 Å². The minimum Gasteiger partial charge on any atom is -0.392 e. The van der Waals surface area contributed by atoms with Gasteiger partial charge in [0.25, 0.3) is 0 Å². The average Bonchev–Trinajstić information content (AvgIpc) is 2.17. The van der Waals surface area contributed by atoms with E-state index in [2.05, 4.69) is 20.7 Å². The number of sulfonamides is 1. The van der Waals surface area contributed by atoms with Crippen LogP contribution < -0.4 is 10.5 Å². The summed E-state index contributed by atoms with van der Waals surface area (Å²) in [4.78, 5) is 0.272. The van der Waals surface area contributed by atoms with Gasteiger partial charge in [0.15, 0.2) is 0 Å². The molecule has 88 valence electrons. The van der Waals surface area contributed by atoms with Gasteiger partial charge in [-0.1, -0.05) is 24.4 Å². The Morgan fingerprint density at radius 1 is 1.50 bits per heavy atom. The molecule has 0 radical (unpaired) electrons. The van der Waals surface area contributed by atoms with Crippen LogP contribution in [0.4, 0.5) is 0 Å². The maximum absolute atomic E-state index is 11.9. The summed E-state index contributed by atoms with van der Waals surface area (Å²) < 4.78 is 26.7. The van der Waals surface area contributed by atoms with Crippen LogP contribution >= 0.6 is 28.1 Å². The van der Waals surface area contributed by atoms with Gasteiger partial charge >= 0.3 is 0 Å². The van der Waals surface area contributed by atoms with Crippen LogP contribution in [0.1, 0.15) is 6.92 Å². The molecule has 0 saturated heterocycles. The summed E-state index contributed by atoms with van der Waals surface area (Å²) in [5.41, 5.74) is 5.35. The zero-order valence-corrected chi connectivity index (χ0v) is 11.7. The molecule has 0 aliphatic heterocycles. The molecule has 3 N–H and O–H groups in total. The fourth-order valence-corrected chi connectivity index (χ4v) is 3.38. The van der Waals surface area contributed by atoms with E-state index in [1.807, 2.05) is 0 Å². The number of benzene rings is 1. The van der Waals surface area contributed by atoms with Crippen molar-refractivity contribution >= 4 is 43.2 Å². The first kappa shape index (κ1) is 13.6. The van der Waals surface area contributed by atoms with Gasteiger partial charge in [-0.05, 0) is 35.0 Å². The highest BCUT2D eigenvalue weighted by atomic mass is 79.9. The van der Waals surface area contributed by atoms with Crippen molar-refractivity contribution in [2.45, 2.75) is 17.9 Å². The first-order valence-electron chi connectivity index (χ1n) is 4.41. The monoisotopic (exact) mass is 322 g/mol. The summed E-state index contributed by atoms with van der Waals surface area (Å²) in [6.07, 6.45) is 0. The van der Waals surface area contributed by atoms with Gasteiger partial charge in [-0.25, -0.2) is 13.1 Å². The number of halogens is 1. The summed E-state index contributed by atoms with van der Waals surface area (Å²) in [6.45, 7) is 1.59. The van der Waals surface area contributed by atoms with Crippen LogP contribution in [0.15, 0.2) is 33.6 Å². The van der Waals surface area contributed by atoms with Crippen molar-refractivity contribution in [2.24, 2.45) is 5.73 Å². The Balaban J connectivity index is 3.04. The van der Waals surface area contributed by atoms with Gasteiger partial charge in [-0.15, -0.1) is 0 Å². The Bertz CT molecular complexity index is 502. The van der Waals surface area contributed by atoms with Gasteiger partial charge in [-0.3, -0.25) is 0 Å². The van der Waals surface area contributed by atoms with Crippen molar-refractivity contribution in [1.29, 1.82) is 0 Å². The van der Waals surface area contributed by atoms with Crippen molar-refractivity contribution in [1.82, 2.24) is 4.72 Å². The Labute approximate surface area is 108 Å². The molecule has 0 aromatic heterocycles. The second kappa shape index (κ2) is 5.22. The molecule has 1 rings (SSSR count). The molecular formula is C9H11BrN2O2S2. The lowest BCUT2D eigenvalue weighted by Crippen LogP contribution is -2.41. The highest BCUT2D eigenvalue weighted by molar-refractivity contribution is 9.10. The SMILES string of the molecule is CC(NS(=O)(=O)c1ccccc1Br)C(N)=S. The number of rotatable bonds is 4. The molecule has 0 heterocycles. The largest absolute Gasteiger partial charge is 0.392 e. The standard InChI is InChI=1S/C9H11BrN2O2S2/c1-6(9(11)15)12-16(13,14)8-5-3-2-4-7(8)10/h2-6,12H,1H3,(H2,11,15). The fraction of sp³-hybridized carbons (Fsp3) is 0.222. The van der Waals surface area contributed by atoms with E-state index in [0.29, 0.717) is 4.47 Å². The van der Waals surface area contributed by atoms with E-state index in [9.17, 15) is 8.42 Å². The quantitative estimate of drug-likeness (QED) is 0.822. The van der Waals surface area contributed by atoms with Gasteiger partial charge in [0.1, 0.15) is 0 Å².